The number of aromatic nitrogens is 1. The van der Waals surface area contributed by atoms with Gasteiger partial charge in [-0.1, -0.05) is 96.0 Å². The highest BCUT2D eigenvalue weighted by Gasteiger charge is 2.23. The van der Waals surface area contributed by atoms with Crippen molar-refractivity contribution in [2.24, 2.45) is 0 Å². The number of H-pyrrole nitrogens is 1. The van der Waals surface area contributed by atoms with Crippen LogP contribution in [0.15, 0.2) is 124 Å². The van der Waals surface area contributed by atoms with E-state index in [1.807, 2.05) is 72.8 Å². The van der Waals surface area contributed by atoms with E-state index in [1.165, 1.54) is 6.07 Å². The number of para-hydroxylation sites is 5. The fourth-order valence-corrected chi connectivity index (χ4v) is 6.50. The zero-order valence-electron chi connectivity index (χ0n) is 22.8. The van der Waals surface area contributed by atoms with E-state index in [0.717, 1.165) is 65.1 Å². The molecule has 0 aliphatic heterocycles. The number of hydrogen-bond acceptors (Lipinski definition) is 4. The second-order valence-corrected chi connectivity index (χ2v) is 11.2. The lowest BCUT2D eigenvalue weighted by atomic mass is 10.0. The van der Waals surface area contributed by atoms with Crippen molar-refractivity contribution in [1.29, 1.82) is 0 Å². The molecule has 0 unspecified atom stereocenters. The van der Waals surface area contributed by atoms with Crippen molar-refractivity contribution in [1.82, 2.24) is 4.98 Å². The average molecular weight is 615 g/mol. The van der Waals surface area contributed by atoms with Gasteiger partial charge >= 0.3 is 0 Å². The van der Waals surface area contributed by atoms with Gasteiger partial charge in [0.1, 0.15) is 27.4 Å². The van der Waals surface area contributed by atoms with Crippen LogP contribution in [0, 0.1) is 10.1 Å². The number of fused-ring (bicyclic) bond motifs is 10. The largest absolute Gasteiger partial charge is 0.455 e. The molecule has 0 atom stereocenters. The van der Waals surface area contributed by atoms with Crippen LogP contribution < -0.4 is 0 Å². The van der Waals surface area contributed by atoms with E-state index in [9.17, 15) is 10.1 Å². The first-order chi connectivity index (χ1) is 21.5. The SMILES string of the molecule is Clc1cccc2c1[nH]c1ccc3c4ccccc4oc3c12.O=[N+]([O-])c1c(Cl)cccc1-c1cccc2c1oc1ccccc12. The summed E-state index contributed by atoms with van der Waals surface area (Å²) in [5.41, 5.74) is 6.21. The van der Waals surface area contributed by atoms with Gasteiger partial charge in [-0.25, -0.2) is 0 Å². The maximum atomic E-state index is 11.4. The van der Waals surface area contributed by atoms with Crippen molar-refractivity contribution in [3.8, 4) is 11.1 Å². The molecule has 0 fully saturated rings. The Kier molecular flexibility index (Phi) is 6.08. The molecule has 44 heavy (non-hydrogen) atoms. The standard InChI is InChI=1S/C18H10ClNO3.C18H10ClNO/c19-15-9-4-6-12(17(15)20(21)22)14-8-3-7-13-11-5-1-2-10-16(11)23-18(13)14;19-13-6-3-5-12-16-14(20-17(12)13)9-8-11-10-4-1-2-7-15(10)21-18(11)16/h1-10H;1-9,20H. The maximum absolute atomic E-state index is 11.4. The molecule has 0 bridgehead atoms. The van der Waals surface area contributed by atoms with E-state index in [-0.39, 0.29) is 10.7 Å². The molecule has 9 rings (SSSR count). The number of halogens is 2. The molecule has 6 nitrogen and oxygen atoms in total. The first kappa shape index (κ1) is 26.3. The summed E-state index contributed by atoms with van der Waals surface area (Å²) in [6.45, 7) is 0. The van der Waals surface area contributed by atoms with Crippen molar-refractivity contribution in [2.75, 3.05) is 0 Å². The Hall–Kier alpha value is -5.30. The molecule has 0 radical (unpaired) electrons. The number of furan rings is 2. The van der Waals surface area contributed by atoms with Crippen molar-refractivity contribution in [2.45, 2.75) is 0 Å². The molecule has 8 heteroatoms. The van der Waals surface area contributed by atoms with Crippen molar-refractivity contribution < 1.29 is 13.8 Å². The van der Waals surface area contributed by atoms with Crippen LogP contribution in [0.25, 0.3) is 76.8 Å². The monoisotopic (exact) mass is 614 g/mol. The van der Waals surface area contributed by atoms with Crippen molar-refractivity contribution in [3.63, 3.8) is 0 Å². The molecule has 3 aromatic heterocycles. The molecule has 212 valence electrons. The van der Waals surface area contributed by atoms with Crippen molar-refractivity contribution in [3.05, 3.63) is 135 Å². The minimum atomic E-state index is -0.459. The van der Waals surface area contributed by atoms with Gasteiger partial charge in [0.25, 0.3) is 5.69 Å². The zero-order chi connectivity index (χ0) is 29.9. The topological polar surface area (TPSA) is 85.2 Å². The lowest BCUT2D eigenvalue weighted by molar-refractivity contribution is -0.384. The number of aromatic amines is 1. The summed E-state index contributed by atoms with van der Waals surface area (Å²) in [7, 11) is 0. The smallest absolute Gasteiger partial charge is 0.295 e. The van der Waals surface area contributed by atoms with Crippen LogP contribution in [-0.2, 0) is 0 Å². The highest BCUT2D eigenvalue weighted by atomic mass is 35.5. The number of hydrogen-bond donors (Lipinski definition) is 1. The van der Waals surface area contributed by atoms with E-state index in [1.54, 1.807) is 12.1 Å². The van der Waals surface area contributed by atoms with Crippen molar-refractivity contribution >= 4 is 94.6 Å². The molecule has 3 heterocycles. The van der Waals surface area contributed by atoms with E-state index in [4.69, 9.17) is 32.0 Å². The van der Waals surface area contributed by atoms with E-state index in [2.05, 4.69) is 29.2 Å². The van der Waals surface area contributed by atoms with Crippen LogP contribution >= 0.6 is 23.2 Å². The van der Waals surface area contributed by atoms with Gasteiger partial charge < -0.3 is 13.8 Å². The third kappa shape index (κ3) is 4.03. The second kappa shape index (κ2) is 10.2. The number of rotatable bonds is 2. The molecular formula is C36H20Cl2N2O4. The van der Waals surface area contributed by atoms with Gasteiger partial charge in [0.2, 0.25) is 0 Å². The van der Waals surface area contributed by atoms with Crippen LogP contribution in [0.4, 0.5) is 5.69 Å². The number of nitro groups is 1. The van der Waals surface area contributed by atoms with Crippen LogP contribution in [0.1, 0.15) is 0 Å². The second-order valence-electron chi connectivity index (χ2n) is 10.4. The summed E-state index contributed by atoms with van der Waals surface area (Å²) < 4.78 is 12.1. The minimum Gasteiger partial charge on any atom is -0.455 e. The predicted molar refractivity (Wildman–Crippen MR) is 179 cm³/mol. The first-order valence-corrected chi connectivity index (χ1v) is 14.6. The molecule has 0 saturated heterocycles. The normalized spacial score (nSPS) is 11.6. The van der Waals surface area contributed by atoms with E-state index < -0.39 is 4.92 Å². The molecule has 0 spiro atoms. The van der Waals surface area contributed by atoms with E-state index >= 15 is 0 Å². The summed E-state index contributed by atoms with van der Waals surface area (Å²) in [5.74, 6) is 0. The maximum Gasteiger partial charge on any atom is 0.295 e. The molecule has 6 aromatic carbocycles. The van der Waals surface area contributed by atoms with Crippen LogP contribution in [0.5, 0.6) is 0 Å². The summed E-state index contributed by atoms with van der Waals surface area (Å²) >= 11 is 12.3. The number of nitrogens with one attached hydrogen (secondary N) is 1. The van der Waals surface area contributed by atoms with Gasteiger partial charge in [0.15, 0.2) is 0 Å². The third-order valence-electron chi connectivity index (χ3n) is 7.95. The molecule has 0 amide bonds. The Balaban J connectivity index is 0.000000132. The Labute approximate surface area is 259 Å². The van der Waals surface area contributed by atoms with Crippen LogP contribution in [0.3, 0.4) is 0 Å². The minimum absolute atomic E-state index is 0.109. The first-order valence-electron chi connectivity index (χ1n) is 13.8. The van der Waals surface area contributed by atoms with Gasteiger partial charge in [0, 0.05) is 32.5 Å². The third-order valence-corrected chi connectivity index (χ3v) is 8.57. The van der Waals surface area contributed by atoms with Gasteiger partial charge in [0.05, 0.1) is 31.9 Å². The lowest BCUT2D eigenvalue weighted by Crippen LogP contribution is -1.93. The Morgan fingerprint density at radius 2 is 1.14 bits per heavy atom. The Bertz CT molecular complexity index is 2580. The summed E-state index contributed by atoms with van der Waals surface area (Å²) in [4.78, 5) is 14.3. The number of benzene rings is 6. The molecule has 0 saturated carbocycles. The Morgan fingerprint density at radius 1 is 0.568 bits per heavy atom. The van der Waals surface area contributed by atoms with Gasteiger partial charge in [-0.2, -0.15) is 0 Å². The summed E-state index contributed by atoms with van der Waals surface area (Å²) in [5, 5.41) is 18.6. The lowest BCUT2D eigenvalue weighted by Gasteiger charge is -2.05. The molecular weight excluding hydrogens is 595 g/mol. The highest BCUT2D eigenvalue weighted by Crippen LogP contribution is 2.42. The van der Waals surface area contributed by atoms with Gasteiger partial charge in [-0.15, -0.1) is 0 Å². The van der Waals surface area contributed by atoms with Gasteiger partial charge in [-0.3, -0.25) is 10.1 Å². The summed E-state index contributed by atoms with van der Waals surface area (Å²) in [6.07, 6.45) is 0. The molecule has 0 aliphatic rings. The quantitative estimate of drug-likeness (QED) is 0.155. The van der Waals surface area contributed by atoms with Crippen LogP contribution in [0.2, 0.25) is 10.0 Å². The zero-order valence-corrected chi connectivity index (χ0v) is 24.3. The Morgan fingerprint density at radius 3 is 1.89 bits per heavy atom. The predicted octanol–water partition coefficient (Wildman–Crippen LogP) is 11.7. The molecule has 1 N–H and O–H groups in total. The fraction of sp³-hybridized carbons (Fsp3) is 0. The average Bonchev–Trinajstić information content (AvgIpc) is 3.72. The van der Waals surface area contributed by atoms with E-state index in [0.29, 0.717) is 16.7 Å². The van der Waals surface area contributed by atoms with Crippen LogP contribution in [-0.4, -0.2) is 9.91 Å². The fourth-order valence-electron chi connectivity index (χ4n) is 6.03. The van der Waals surface area contributed by atoms with Gasteiger partial charge in [-0.05, 0) is 42.5 Å². The number of nitro benzene ring substituents is 1. The molecule has 9 aromatic rings. The summed E-state index contributed by atoms with van der Waals surface area (Å²) in [6, 6.07) is 36.5. The molecule has 0 aliphatic carbocycles. The number of nitrogens with zero attached hydrogens (tertiary/aromatic N) is 1. The highest BCUT2D eigenvalue weighted by molar-refractivity contribution is 6.37.